The Kier molecular flexibility index (Phi) is 5.50. The van der Waals surface area contributed by atoms with E-state index in [1.165, 1.54) is 0 Å². The zero-order chi connectivity index (χ0) is 9.61. The van der Waals surface area contributed by atoms with Gasteiger partial charge < -0.3 is 5.32 Å². The van der Waals surface area contributed by atoms with Crippen LogP contribution in [0.4, 0.5) is 0 Å². The number of nitrogens with one attached hydrogen (secondary N) is 1. The zero-order valence-corrected chi connectivity index (χ0v) is 8.95. The predicted octanol–water partition coefficient (Wildman–Crippen LogP) is 0.667. The molecule has 0 bridgehead atoms. The Morgan fingerprint density at radius 1 is 1.33 bits per heavy atom. The number of hydrogen-bond acceptors (Lipinski definition) is 3. The molecule has 0 unspecified atom stereocenters. The molecule has 3 nitrogen and oxygen atoms in total. The molecular weight excluding hydrogens is 174 g/mol. The van der Waals surface area contributed by atoms with Crippen LogP contribution < -0.4 is 5.32 Å². The molecule has 0 radical (unpaired) electrons. The van der Waals surface area contributed by atoms with Crippen molar-refractivity contribution < 1.29 is 8.42 Å². The van der Waals surface area contributed by atoms with Crippen LogP contribution in [0.5, 0.6) is 0 Å². The summed E-state index contributed by atoms with van der Waals surface area (Å²) in [5.41, 5.74) is 0. The first-order valence-corrected chi connectivity index (χ1v) is 6.21. The molecule has 0 saturated heterocycles. The fourth-order valence-corrected chi connectivity index (χ4v) is 1.51. The Hall–Kier alpha value is -0.0900. The largest absolute Gasteiger partial charge is 0.315 e. The van der Waals surface area contributed by atoms with Crippen molar-refractivity contribution in [1.29, 1.82) is 0 Å². The number of sulfone groups is 1. The summed E-state index contributed by atoms with van der Waals surface area (Å²) >= 11 is 0. The van der Waals surface area contributed by atoms with E-state index in [9.17, 15) is 8.42 Å². The summed E-state index contributed by atoms with van der Waals surface area (Å²) in [6, 6.07) is 0. The van der Waals surface area contributed by atoms with E-state index < -0.39 is 9.84 Å². The summed E-state index contributed by atoms with van der Waals surface area (Å²) in [5.74, 6) is 1.08. The van der Waals surface area contributed by atoms with Crippen molar-refractivity contribution in [3.8, 4) is 0 Å². The van der Waals surface area contributed by atoms with Crippen molar-refractivity contribution in [3.63, 3.8) is 0 Å². The third-order valence-corrected chi connectivity index (χ3v) is 3.29. The summed E-state index contributed by atoms with van der Waals surface area (Å²) in [7, 11) is -2.78. The number of rotatable bonds is 6. The van der Waals surface area contributed by atoms with Crippen molar-refractivity contribution in [2.24, 2.45) is 5.92 Å². The smallest absolute Gasteiger partial charge is 0.151 e. The maximum absolute atomic E-state index is 11.0. The second-order valence-electron chi connectivity index (χ2n) is 3.33. The summed E-state index contributed by atoms with van der Waals surface area (Å²) in [6.07, 6.45) is 0. The van der Waals surface area contributed by atoms with Gasteiger partial charge in [0.25, 0.3) is 0 Å². The van der Waals surface area contributed by atoms with Gasteiger partial charge in [0.2, 0.25) is 0 Å². The fourth-order valence-electron chi connectivity index (χ4n) is 0.763. The molecule has 0 aliphatic heterocycles. The van der Waals surface area contributed by atoms with E-state index in [0.717, 1.165) is 6.54 Å². The average molecular weight is 193 g/mol. The highest BCUT2D eigenvalue weighted by molar-refractivity contribution is 7.91. The lowest BCUT2D eigenvalue weighted by Crippen LogP contribution is -2.26. The van der Waals surface area contributed by atoms with E-state index in [1.807, 2.05) is 0 Å². The first-order chi connectivity index (χ1) is 5.48. The lowest BCUT2D eigenvalue weighted by molar-refractivity contribution is 0.557. The van der Waals surface area contributed by atoms with Gasteiger partial charge in [0, 0.05) is 12.3 Å². The lowest BCUT2D eigenvalue weighted by atomic mass is 10.2. The van der Waals surface area contributed by atoms with Gasteiger partial charge in [-0.05, 0) is 12.5 Å². The minimum atomic E-state index is -2.78. The topological polar surface area (TPSA) is 46.2 Å². The average Bonchev–Trinajstić information content (AvgIpc) is 1.98. The minimum Gasteiger partial charge on any atom is -0.315 e. The molecule has 1 N–H and O–H groups in total. The van der Waals surface area contributed by atoms with Gasteiger partial charge in [-0.2, -0.15) is 0 Å². The monoisotopic (exact) mass is 193 g/mol. The molecule has 0 rings (SSSR count). The van der Waals surface area contributed by atoms with Gasteiger partial charge in [-0.3, -0.25) is 0 Å². The molecule has 0 spiro atoms. The highest BCUT2D eigenvalue weighted by Crippen LogP contribution is 1.89. The van der Waals surface area contributed by atoms with Crippen LogP contribution in [0.25, 0.3) is 0 Å². The molecule has 4 heteroatoms. The van der Waals surface area contributed by atoms with E-state index in [2.05, 4.69) is 19.2 Å². The molecule has 0 aliphatic rings. The summed E-state index contributed by atoms with van der Waals surface area (Å²) in [4.78, 5) is 0. The van der Waals surface area contributed by atoms with Crippen LogP contribution in [0.15, 0.2) is 0 Å². The lowest BCUT2D eigenvalue weighted by Gasteiger charge is -2.06. The molecule has 0 aromatic carbocycles. The molecule has 74 valence electrons. The summed E-state index contributed by atoms with van der Waals surface area (Å²) in [5, 5.41) is 3.10. The molecule has 0 fully saturated rings. The van der Waals surface area contributed by atoms with Crippen molar-refractivity contribution in [3.05, 3.63) is 0 Å². The molecule has 0 aliphatic carbocycles. The van der Waals surface area contributed by atoms with E-state index in [-0.39, 0.29) is 11.5 Å². The van der Waals surface area contributed by atoms with Crippen LogP contribution in [-0.2, 0) is 9.84 Å². The minimum absolute atomic E-state index is 0.246. The quantitative estimate of drug-likeness (QED) is 0.631. The molecule has 0 atom stereocenters. The maximum atomic E-state index is 11.0. The van der Waals surface area contributed by atoms with Gasteiger partial charge in [-0.15, -0.1) is 0 Å². The predicted molar refractivity (Wildman–Crippen MR) is 52.0 cm³/mol. The first kappa shape index (κ1) is 11.9. The SMILES string of the molecule is CCS(=O)(=O)CCNCC(C)C. The van der Waals surface area contributed by atoms with Crippen molar-refractivity contribution in [2.75, 3.05) is 24.6 Å². The Balaban J connectivity index is 3.45. The third-order valence-electron chi connectivity index (χ3n) is 1.58. The van der Waals surface area contributed by atoms with Gasteiger partial charge >= 0.3 is 0 Å². The van der Waals surface area contributed by atoms with E-state index in [4.69, 9.17) is 0 Å². The Labute approximate surface area is 75.5 Å². The van der Waals surface area contributed by atoms with Crippen LogP contribution in [-0.4, -0.2) is 33.0 Å². The van der Waals surface area contributed by atoms with Gasteiger partial charge in [0.1, 0.15) is 0 Å². The highest BCUT2D eigenvalue weighted by atomic mass is 32.2. The van der Waals surface area contributed by atoms with E-state index in [1.54, 1.807) is 6.92 Å². The zero-order valence-electron chi connectivity index (χ0n) is 8.13. The molecule has 12 heavy (non-hydrogen) atoms. The molecule has 0 aromatic heterocycles. The van der Waals surface area contributed by atoms with E-state index >= 15 is 0 Å². The highest BCUT2D eigenvalue weighted by Gasteiger charge is 2.05. The number of hydrogen-bond donors (Lipinski definition) is 1. The van der Waals surface area contributed by atoms with Gasteiger partial charge in [0.05, 0.1) is 5.75 Å². The van der Waals surface area contributed by atoms with Crippen LogP contribution in [0.2, 0.25) is 0 Å². The summed E-state index contributed by atoms with van der Waals surface area (Å²) in [6.45, 7) is 7.34. The van der Waals surface area contributed by atoms with Crippen molar-refractivity contribution in [1.82, 2.24) is 5.32 Å². The first-order valence-electron chi connectivity index (χ1n) is 4.39. The maximum Gasteiger partial charge on any atom is 0.151 e. The Morgan fingerprint density at radius 2 is 1.92 bits per heavy atom. The summed E-state index contributed by atoms with van der Waals surface area (Å²) < 4.78 is 22.0. The van der Waals surface area contributed by atoms with E-state index in [0.29, 0.717) is 12.5 Å². The standard InChI is InChI=1S/C8H19NO2S/c1-4-12(10,11)6-5-9-7-8(2)3/h8-9H,4-7H2,1-3H3. The van der Waals surface area contributed by atoms with Crippen molar-refractivity contribution in [2.45, 2.75) is 20.8 Å². The normalized spacial score (nSPS) is 12.3. The second kappa shape index (κ2) is 5.54. The van der Waals surface area contributed by atoms with Crippen LogP contribution in [0, 0.1) is 5.92 Å². The molecule has 0 aromatic rings. The van der Waals surface area contributed by atoms with Gasteiger partial charge in [-0.1, -0.05) is 20.8 Å². The van der Waals surface area contributed by atoms with Crippen LogP contribution in [0.3, 0.4) is 0 Å². The van der Waals surface area contributed by atoms with Gasteiger partial charge in [0.15, 0.2) is 9.84 Å². The molecule has 0 heterocycles. The Morgan fingerprint density at radius 3 is 2.33 bits per heavy atom. The molecular formula is C8H19NO2S. The molecule has 0 amide bonds. The second-order valence-corrected chi connectivity index (χ2v) is 5.81. The Bertz CT molecular complexity index is 197. The third kappa shape index (κ3) is 6.61. The fraction of sp³-hybridized carbons (Fsp3) is 1.00. The van der Waals surface area contributed by atoms with Crippen molar-refractivity contribution >= 4 is 9.84 Å². The van der Waals surface area contributed by atoms with Crippen LogP contribution >= 0.6 is 0 Å². The van der Waals surface area contributed by atoms with Crippen LogP contribution in [0.1, 0.15) is 20.8 Å². The molecule has 0 saturated carbocycles. The van der Waals surface area contributed by atoms with Gasteiger partial charge in [-0.25, -0.2) is 8.42 Å².